The van der Waals surface area contributed by atoms with Crippen molar-refractivity contribution in [3.63, 3.8) is 0 Å². The van der Waals surface area contributed by atoms with Crippen LogP contribution in [0.1, 0.15) is 36.9 Å². The molecule has 0 aliphatic carbocycles. The normalized spacial score (nSPS) is 12.0. The summed E-state index contributed by atoms with van der Waals surface area (Å²) in [6.07, 6.45) is 0. The third kappa shape index (κ3) is 3.43. The molecule has 2 aromatic rings. The van der Waals surface area contributed by atoms with E-state index in [1.54, 1.807) is 6.92 Å². The smallest absolute Gasteiger partial charge is 0.253 e. The van der Waals surface area contributed by atoms with Crippen LogP contribution in [-0.2, 0) is 15.4 Å². The Hall–Kier alpha value is -1.98. The summed E-state index contributed by atoms with van der Waals surface area (Å²) in [6.45, 7) is 7.60. The summed E-state index contributed by atoms with van der Waals surface area (Å²) in [5.41, 5.74) is 0.737. The first kappa shape index (κ1) is 16.4. The Bertz CT molecular complexity index is 842. The Morgan fingerprint density at radius 2 is 1.95 bits per heavy atom. The van der Waals surface area contributed by atoms with E-state index < -0.39 is 10.0 Å². The van der Waals surface area contributed by atoms with E-state index in [-0.39, 0.29) is 15.4 Å². The standard InChI is InChI=1S/C14H16N4O2S2/c1-9-7-10(8-15)5-6-11(9)22(19,20)18-13-17-16-12(21-13)14(2,3)4/h5-7H,1-4H3,(H,17,18). The van der Waals surface area contributed by atoms with Gasteiger partial charge in [0.05, 0.1) is 16.5 Å². The molecule has 0 unspecified atom stereocenters. The molecule has 0 fully saturated rings. The molecule has 22 heavy (non-hydrogen) atoms. The second kappa shape index (κ2) is 5.66. The van der Waals surface area contributed by atoms with Gasteiger partial charge in [0.15, 0.2) is 0 Å². The number of nitrogens with zero attached hydrogens (tertiary/aromatic N) is 3. The van der Waals surface area contributed by atoms with Crippen LogP contribution in [-0.4, -0.2) is 18.6 Å². The Kier molecular flexibility index (Phi) is 4.22. The summed E-state index contributed by atoms with van der Waals surface area (Å²) < 4.78 is 27.3. The molecule has 6 nitrogen and oxygen atoms in total. The average Bonchev–Trinajstić information content (AvgIpc) is 2.85. The van der Waals surface area contributed by atoms with Crippen molar-refractivity contribution in [2.45, 2.75) is 38.0 Å². The van der Waals surface area contributed by atoms with Gasteiger partial charge in [-0.3, -0.25) is 4.72 Å². The topological polar surface area (TPSA) is 95.7 Å². The molecular weight excluding hydrogens is 320 g/mol. The molecule has 0 aliphatic heterocycles. The van der Waals surface area contributed by atoms with Crippen LogP contribution in [0.3, 0.4) is 0 Å². The number of anilines is 1. The summed E-state index contributed by atoms with van der Waals surface area (Å²) in [4.78, 5) is 0.124. The van der Waals surface area contributed by atoms with E-state index in [1.165, 1.54) is 29.5 Å². The second-order valence-corrected chi connectivity index (χ2v) is 8.49. The number of benzene rings is 1. The van der Waals surface area contributed by atoms with E-state index in [2.05, 4.69) is 14.9 Å². The number of hydrogen-bond acceptors (Lipinski definition) is 6. The van der Waals surface area contributed by atoms with Crippen molar-refractivity contribution >= 4 is 26.5 Å². The first-order chi connectivity index (χ1) is 10.1. The quantitative estimate of drug-likeness (QED) is 0.929. The lowest BCUT2D eigenvalue weighted by Gasteiger charge is -2.12. The molecule has 0 bridgehead atoms. The van der Waals surface area contributed by atoms with Crippen molar-refractivity contribution in [1.29, 1.82) is 5.26 Å². The molecule has 0 spiro atoms. The number of rotatable bonds is 3. The van der Waals surface area contributed by atoms with E-state index in [0.717, 1.165) is 5.01 Å². The van der Waals surface area contributed by atoms with E-state index in [0.29, 0.717) is 11.1 Å². The minimum absolute atomic E-state index is 0.124. The highest BCUT2D eigenvalue weighted by Gasteiger charge is 2.23. The van der Waals surface area contributed by atoms with Crippen molar-refractivity contribution in [2.24, 2.45) is 0 Å². The largest absolute Gasteiger partial charge is 0.263 e. The van der Waals surface area contributed by atoms with Gasteiger partial charge < -0.3 is 0 Å². The van der Waals surface area contributed by atoms with Gasteiger partial charge in [0.1, 0.15) is 5.01 Å². The molecule has 0 radical (unpaired) electrons. The van der Waals surface area contributed by atoms with Gasteiger partial charge >= 0.3 is 0 Å². The number of aryl methyl sites for hydroxylation is 1. The Morgan fingerprint density at radius 3 is 2.45 bits per heavy atom. The van der Waals surface area contributed by atoms with Gasteiger partial charge in [-0.1, -0.05) is 32.1 Å². The molecular formula is C14H16N4O2S2. The van der Waals surface area contributed by atoms with E-state index in [1.807, 2.05) is 26.8 Å². The summed E-state index contributed by atoms with van der Waals surface area (Å²) in [5.74, 6) is 0. The summed E-state index contributed by atoms with van der Waals surface area (Å²) in [7, 11) is -3.75. The maximum atomic E-state index is 12.4. The van der Waals surface area contributed by atoms with Crippen LogP contribution in [0, 0.1) is 18.3 Å². The number of nitriles is 1. The van der Waals surface area contributed by atoms with Crippen molar-refractivity contribution in [3.8, 4) is 6.07 Å². The fraction of sp³-hybridized carbons (Fsp3) is 0.357. The molecule has 0 aliphatic rings. The highest BCUT2D eigenvalue weighted by molar-refractivity contribution is 7.93. The highest BCUT2D eigenvalue weighted by Crippen LogP contribution is 2.29. The van der Waals surface area contributed by atoms with Crippen LogP contribution < -0.4 is 4.72 Å². The molecule has 0 saturated heterocycles. The highest BCUT2D eigenvalue weighted by atomic mass is 32.2. The lowest BCUT2D eigenvalue weighted by molar-refractivity contribution is 0.578. The van der Waals surface area contributed by atoms with Gasteiger partial charge in [0, 0.05) is 5.41 Å². The van der Waals surface area contributed by atoms with Crippen LogP contribution in [0.4, 0.5) is 5.13 Å². The first-order valence-corrected chi connectivity index (χ1v) is 8.81. The van der Waals surface area contributed by atoms with Crippen molar-refractivity contribution in [1.82, 2.24) is 10.2 Å². The molecule has 1 aromatic heterocycles. The van der Waals surface area contributed by atoms with Crippen LogP contribution in [0.15, 0.2) is 23.1 Å². The minimum Gasteiger partial charge on any atom is -0.253 e. The fourth-order valence-electron chi connectivity index (χ4n) is 1.76. The summed E-state index contributed by atoms with van der Waals surface area (Å²) in [6, 6.07) is 6.41. The van der Waals surface area contributed by atoms with Gasteiger partial charge in [0.2, 0.25) is 5.13 Å². The Morgan fingerprint density at radius 1 is 1.27 bits per heavy atom. The maximum absolute atomic E-state index is 12.4. The second-order valence-electron chi connectivity index (χ2n) is 5.86. The maximum Gasteiger partial charge on any atom is 0.263 e. The molecule has 2 rings (SSSR count). The van der Waals surface area contributed by atoms with Gasteiger partial charge in [-0.15, -0.1) is 10.2 Å². The van der Waals surface area contributed by atoms with Crippen molar-refractivity contribution in [3.05, 3.63) is 34.3 Å². The molecule has 1 heterocycles. The van der Waals surface area contributed by atoms with Crippen LogP contribution in [0.2, 0.25) is 0 Å². The molecule has 8 heteroatoms. The lowest BCUT2D eigenvalue weighted by Crippen LogP contribution is -2.14. The van der Waals surface area contributed by atoms with Crippen LogP contribution >= 0.6 is 11.3 Å². The molecule has 0 amide bonds. The molecule has 116 valence electrons. The number of hydrogen-bond donors (Lipinski definition) is 1. The predicted octanol–water partition coefficient (Wildman–Crippen LogP) is 2.82. The van der Waals surface area contributed by atoms with Crippen molar-refractivity contribution in [2.75, 3.05) is 4.72 Å². The van der Waals surface area contributed by atoms with Crippen molar-refractivity contribution < 1.29 is 8.42 Å². The van der Waals surface area contributed by atoms with E-state index in [4.69, 9.17) is 5.26 Å². The van der Waals surface area contributed by atoms with E-state index in [9.17, 15) is 8.42 Å². The van der Waals surface area contributed by atoms with Gasteiger partial charge in [0.25, 0.3) is 10.0 Å². The Balaban J connectivity index is 2.32. The minimum atomic E-state index is -3.75. The van der Waals surface area contributed by atoms with Gasteiger partial charge in [-0.2, -0.15) is 5.26 Å². The number of nitrogens with one attached hydrogen (secondary N) is 1. The number of aromatic nitrogens is 2. The number of sulfonamides is 1. The fourth-order valence-corrected chi connectivity index (χ4v) is 4.02. The molecule has 0 atom stereocenters. The zero-order valence-electron chi connectivity index (χ0n) is 12.7. The van der Waals surface area contributed by atoms with Gasteiger partial charge in [-0.05, 0) is 30.7 Å². The average molecular weight is 336 g/mol. The lowest BCUT2D eigenvalue weighted by atomic mass is 9.98. The first-order valence-electron chi connectivity index (χ1n) is 6.51. The molecule has 1 aromatic carbocycles. The summed E-state index contributed by atoms with van der Waals surface area (Å²) >= 11 is 1.21. The zero-order chi connectivity index (χ0) is 16.5. The SMILES string of the molecule is Cc1cc(C#N)ccc1S(=O)(=O)Nc1nnc(C(C)(C)C)s1. The molecule has 1 N–H and O–H groups in total. The monoisotopic (exact) mass is 336 g/mol. The third-order valence-electron chi connectivity index (χ3n) is 2.88. The third-order valence-corrected chi connectivity index (χ3v) is 5.77. The van der Waals surface area contributed by atoms with Crippen LogP contribution in [0.25, 0.3) is 0 Å². The molecule has 0 saturated carbocycles. The predicted molar refractivity (Wildman–Crippen MR) is 85.3 cm³/mol. The van der Waals surface area contributed by atoms with Gasteiger partial charge in [-0.25, -0.2) is 8.42 Å². The van der Waals surface area contributed by atoms with E-state index >= 15 is 0 Å². The Labute approximate surface area is 133 Å². The van der Waals surface area contributed by atoms with Crippen LogP contribution in [0.5, 0.6) is 0 Å². The summed E-state index contributed by atoms with van der Waals surface area (Å²) in [5, 5.41) is 17.7. The zero-order valence-corrected chi connectivity index (χ0v) is 14.3.